The first kappa shape index (κ1) is 18.4. The second-order valence-corrected chi connectivity index (χ2v) is 5.76. The van der Waals surface area contributed by atoms with Gasteiger partial charge in [-0.15, -0.1) is 0 Å². The molecule has 0 saturated carbocycles. The largest absolute Gasteiger partial charge is 0.480 e. The fraction of sp³-hybridized carbons (Fsp3) is 0.412. The molecule has 0 bridgehead atoms. The highest BCUT2D eigenvalue weighted by Gasteiger charge is 2.33. The summed E-state index contributed by atoms with van der Waals surface area (Å²) in [5.74, 6) is -3.14. The monoisotopic (exact) mass is 347 g/mol. The Morgan fingerprint density at radius 3 is 2.32 bits per heavy atom. The molecule has 0 unspecified atom stereocenters. The van der Waals surface area contributed by atoms with Crippen LogP contribution in [0.1, 0.15) is 12.5 Å². The van der Waals surface area contributed by atoms with E-state index in [1.807, 2.05) is 6.07 Å². The van der Waals surface area contributed by atoms with Gasteiger partial charge in [0.2, 0.25) is 5.91 Å². The van der Waals surface area contributed by atoms with E-state index in [2.05, 4.69) is 5.32 Å². The summed E-state index contributed by atoms with van der Waals surface area (Å²) >= 11 is 0. The van der Waals surface area contributed by atoms with E-state index in [9.17, 15) is 24.3 Å². The number of carboxylic acids is 1. The van der Waals surface area contributed by atoms with Gasteiger partial charge in [0.25, 0.3) is 0 Å². The van der Waals surface area contributed by atoms with Crippen molar-refractivity contribution in [2.75, 3.05) is 26.2 Å². The van der Waals surface area contributed by atoms with Crippen LogP contribution < -0.4 is 5.32 Å². The normalized spacial score (nSPS) is 15.9. The Morgan fingerprint density at radius 1 is 1.12 bits per heavy atom. The Labute approximate surface area is 145 Å². The summed E-state index contributed by atoms with van der Waals surface area (Å²) in [5, 5.41) is 11.7. The molecular formula is C17H21N3O5. The third-order valence-electron chi connectivity index (χ3n) is 4.03. The van der Waals surface area contributed by atoms with E-state index in [0.717, 1.165) is 10.5 Å². The van der Waals surface area contributed by atoms with Gasteiger partial charge in [0.05, 0.1) is 0 Å². The highest BCUT2D eigenvalue weighted by atomic mass is 16.4. The van der Waals surface area contributed by atoms with Crippen LogP contribution in [0.5, 0.6) is 0 Å². The fourth-order valence-corrected chi connectivity index (χ4v) is 2.63. The van der Waals surface area contributed by atoms with Crippen molar-refractivity contribution in [2.24, 2.45) is 0 Å². The number of rotatable bonds is 7. The van der Waals surface area contributed by atoms with E-state index >= 15 is 0 Å². The third kappa shape index (κ3) is 4.79. The van der Waals surface area contributed by atoms with Crippen LogP contribution >= 0.6 is 0 Å². The molecular weight excluding hydrogens is 326 g/mol. The van der Waals surface area contributed by atoms with Crippen molar-refractivity contribution in [3.05, 3.63) is 35.9 Å². The predicted octanol–water partition coefficient (Wildman–Crippen LogP) is -0.511. The number of piperazine rings is 1. The van der Waals surface area contributed by atoms with Gasteiger partial charge in [-0.2, -0.15) is 0 Å². The van der Waals surface area contributed by atoms with E-state index in [1.54, 1.807) is 31.2 Å². The quantitative estimate of drug-likeness (QED) is 0.646. The molecule has 1 aromatic carbocycles. The fourth-order valence-electron chi connectivity index (χ4n) is 2.63. The minimum Gasteiger partial charge on any atom is -0.480 e. The molecule has 0 radical (unpaired) electrons. The molecule has 2 rings (SSSR count). The molecule has 1 fully saturated rings. The lowest BCUT2D eigenvalue weighted by atomic mass is 10.1. The lowest BCUT2D eigenvalue weighted by molar-refractivity contribution is -0.156. The Hall–Kier alpha value is -2.90. The van der Waals surface area contributed by atoms with Gasteiger partial charge in [-0.25, -0.2) is 4.79 Å². The molecule has 1 heterocycles. The van der Waals surface area contributed by atoms with Crippen LogP contribution in [-0.2, 0) is 25.6 Å². The van der Waals surface area contributed by atoms with Crippen molar-refractivity contribution < 1.29 is 24.3 Å². The molecule has 1 aromatic rings. The lowest BCUT2D eigenvalue weighted by Crippen LogP contribution is -2.57. The Balaban J connectivity index is 1.94. The van der Waals surface area contributed by atoms with Gasteiger partial charge in [-0.05, 0) is 12.5 Å². The van der Waals surface area contributed by atoms with Gasteiger partial charge in [0.1, 0.15) is 12.6 Å². The maximum absolute atomic E-state index is 12.1. The summed E-state index contributed by atoms with van der Waals surface area (Å²) in [7, 11) is 0. The van der Waals surface area contributed by atoms with E-state index in [0.29, 0.717) is 13.1 Å². The molecule has 8 nitrogen and oxygen atoms in total. The van der Waals surface area contributed by atoms with Gasteiger partial charge < -0.3 is 20.2 Å². The zero-order valence-electron chi connectivity index (χ0n) is 14.0. The third-order valence-corrected chi connectivity index (χ3v) is 4.03. The standard InChI is InChI=1S/C17H21N3O5/c1-2-19-8-9-20(16(23)15(19)22)11-14(21)18-13(17(24)25)10-12-6-4-3-5-7-12/h3-7,13H,2,8-11H2,1H3,(H,18,21)(H,24,25)/t13-/m1/s1. The van der Waals surface area contributed by atoms with Crippen LogP contribution in [0, 0.1) is 0 Å². The minimum absolute atomic E-state index is 0.137. The molecule has 25 heavy (non-hydrogen) atoms. The van der Waals surface area contributed by atoms with Crippen LogP contribution in [0.3, 0.4) is 0 Å². The van der Waals surface area contributed by atoms with Crippen molar-refractivity contribution in [1.29, 1.82) is 0 Å². The first-order valence-electron chi connectivity index (χ1n) is 8.06. The van der Waals surface area contributed by atoms with Crippen molar-refractivity contribution in [1.82, 2.24) is 15.1 Å². The number of aliphatic carboxylic acids is 1. The molecule has 1 saturated heterocycles. The molecule has 8 heteroatoms. The molecule has 2 N–H and O–H groups in total. The maximum atomic E-state index is 12.1. The average molecular weight is 347 g/mol. The highest BCUT2D eigenvalue weighted by Crippen LogP contribution is 2.06. The van der Waals surface area contributed by atoms with Crippen molar-refractivity contribution >= 4 is 23.7 Å². The number of carbonyl (C=O) groups excluding carboxylic acids is 3. The van der Waals surface area contributed by atoms with E-state index in [4.69, 9.17) is 0 Å². The molecule has 0 aliphatic carbocycles. The summed E-state index contributed by atoms with van der Waals surface area (Å²) in [6, 6.07) is 7.83. The predicted molar refractivity (Wildman–Crippen MR) is 88.5 cm³/mol. The van der Waals surface area contributed by atoms with Gasteiger partial charge >= 0.3 is 17.8 Å². The number of hydrogen-bond acceptors (Lipinski definition) is 4. The van der Waals surface area contributed by atoms with Crippen LogP contribution in [0.25, 0.3) is 0 Å². The number of nitrogens with zero attached hydrogens (tertiary/aromatic N) is 2. The SMILES string of the molecule is CCN1CCN(CC(=O)N[C@H](Cc2ccccc2)C(=O)O)C(=O)C1=O. The molecule has 0 aromatic heterocycles. The molecule has 3 amide bonds. The summed E-state index contributed by atoms with van der Waals surface area (Å²) in [5.41, 5.74) is 0.776. The number of hydrogen-bond donors (Lipinski definition) is 2. The Morgan fingerprint density at radius 2 is 1.72 bits per heavy atom. The second kappa shape index (κ2) is 8.27. The zero-order chi connectivity index (χ0) is 18.4. The van der Waals surface area contributed by atoms with E-state index in [-0.39, 0.29) is 19.5 Å². The smallest absolute Gasteiger partial charge is 0.326 e. The highest BCUT2D eigenvalue weighted by molar-refractivity contribution is 6.35. The number of carboxylic acid groups (broad SMARTS) is 1. The van der Waals surface area contributed by atoms with Crippen LogP contribution in [0.2, 0.25) is 0 Å². The van der Waals surface area contributed by atoms with Crippen LogP contribution in [0.15, 0.2) is 30.3 Å². The van der Waals surface area contributed by atoms with Gasteiger partial charge in [0.15, 0.2) is 0 Å². The average Bonchev–Trinajstić information content (AvgIpc) is 2.59. The van der Waals surface area contributed by atoms with Crippen LogP contribution in [-0.4, -0.2) is 70.8 Å². The number of carbonyl (C=O) groups is 4. The summed E-state index contributed by atoms with van der Waals surface area (Å²) < 4.78 is 0. The Kier molecular flexibility index (Phi) is 6.10. The van der Waals surface area contributed by atoms with Crippen molar-refractivity contribution in [3.63, 3.8) is 0 Å². The lowest BCUT2D eigenvalue weighted by Gasteiger charge is -2.32. The Bertz CT molecular complexity index is 662. The molecule has 0 spiro atoms. The first-order valence-corrected chi connectivity index (χ1v) is 8.06. The minimum atomic E-state index is -1.16. The second-order valence-electron chi connectivity index (χ2n) is 5.76. The van der Waals surface area contributed by atoms with Crippen molar-refractivity contribution in [2.45, 2.75) is 19.4 Å². The molecule has 134 valence electrons. The van der Waals surface area contributed by atoms with Gasteiger partial charge in [-0.1, -0.05) is 30.3 Å². The number of benzene rings is 1. The maximum Gasteiger partial charge on any atom is 0.326 e. The van der Waals surface area contributed by atoms with Crippen molar-refractivity contribution in [3.8, 4) is 0 Å². The first-order chi connectivity index (χ1) is 11.9. The number of likely N-dealkylation sites (N-methyl/N-ethyl adjacent to an activating group) is 1. The topological polar surface area (TPSA) is 107 Å². The van der Waals surface area contributed by atoms with E-state index in [1.165, 1.54) is 4.90 Å². The summed E-state index contributed by atoms with van der Waals surface area (Å²) in [6.07, 6.45) is 0.137. The van der Waals surface area contributed by atoms with E-state index < -0.39 is 29.7 Å². The summed E-state index contributed by atoms with van der Waals surface area (Å²) in [6.45, 7) is 2.49. The zero-order valence-corrected chi connectivity index (χ0v) is 14.0. The van der Waals surface area contributed by atoms with Gasteiger partial charge in [-0.3, -0.25) is 14.4 Å². The molecule has 1 aliphatic heterocycles. The van der Waals surface area contributed by atoms with Gasteiger partial charge in [0, 0.05) is 26.1 Å². The molecule has 1 aliphatic rings. The number of amides is 3. The number of nitrogens with one attached hydrogen (secondary N) is 1. The van der Waals surface area contributed by atoms with Crippen LogP contribution in [0.4, 0.5) is 0 Å². The molecule has 1 atom stereocenters. The summed E-state index contributed by atoms with van der Waals surface area (Å²) in [4.78, 5) is 49.9.